The Kier molecular flexibility index (Phi) is 4.03. The molecule has 1 aromatic carbocycles. The molecule has 3 rings (SSSR count). The SMILES string of the molecule is NC(=S)c1cccc(CS(=O)(=O)NC(C2CC2)C2CC2)c1. The third-order valence-electron chi connectivity index (χ3n) is 4.14. The molecule has 2 saturated carbocycles. The van der Waals surface area contributed by atoms with Crippen molar-refractivity contribution >= 4 is 27.2 Å². The lowest BCUT2D eigenvalue weighted by Gasteiger charge is -2.17. The highest BCUT2D eigenvalue weighted by atomic mass is 32.2. The molecule has 4 nitrogen and oxygen atoms in total. The first kappa shape index (κ1) is 14.9. The zero-order valence-electron chi connectivity index (χ0n) is 11.8. The van der Waals surface area contributed by atoms with Gasteiger partial charge in [-0.05, 0) is 49.1 Å². The zero-order chi connectivity index (χ0) is 15.0. The molecule has 0 saturated heterocycles. The molecule has 0 aliphatic heterocycles. The van der Waals surface area contributed by atoms with Gasteiger partial charge in [-0.15, -0.1) is 0 Å². The number of nitrogens with one attached hydrogen (secondary N) is 1. The molecular weight excluding hydrogens is 304 g/mol. The Labute approximate surface area is 131 Å². The standard InChI is InChI=1S/C15H20N2O2S2/c16-15(20)13-3-1-2-10(8-13)9-21(18,19)17-14(11-4-5-11)12-6-7-12/h1-3,8,11-12,14,17H,4-7,9H2,(H2,16,20). The smallest absolute Gasteiger partial charge is 0.216 e. The number of nitrogens with two attached hydrogens (primary N) is 1. The molecule has 2 aliphatic carbocycles. The number of rotatable bonds is 7. The van der Waals surface area contributed by atoms with E-state index in [4.69, 9.17) is 18.0 Å². The number of hydrogen-bond acceptors (Lipinski definition) is 3. The second-order valence-electron chi connectivity index (χ2n) is 6.14. The Morgan fingerprint density at radius 2 is 1.90 bits per heavy atom. The molecule has 2 aliphatic rings. The van der Waals surface area contributed by atoms with Crippen LogP contribution in [0.2, 0.25) is 0 Å². The Hall–Kier alpha value is -0.980. The molecule has 0 atom stereocenters. The Balaban J connectivity index is 1.70. The number of benzene rings is 1. The highest BCUT2D eigenvalue weighted by molar-refractivity contribution is 7.88. The van der Waals surface area contributed by atoms with E-state index >= 15 is 0 Å². The van der Waals surface area contributed by atoms with Gasteiger partial charge in [-0.3, -0.25) is 0 Å². The van der Waals surface area contributed by atoms with Crippen molar-refractivity contribution in [2.75, 3.05) is 0 Å². The third-order valence-corrected chi connectivity index (χ3v) is 5.72. The van der Waals surface area contributed by atoms with E-state index in [2.05, 4.69) is 4.72 Å². The molecule has 0 heterocycles. The molecule has 114 valence electrons. The molecule has 1 aromatic rings. The van der Waals surface area contributed by atoms with Crippen LogP contribution in [-0.4, -0.2) is 19.4 Å². The largest absolute Gasteiger partial charge is 0.389 e. The maximum Gasteiger partial charge on any atom is 0.216 e. The summed E-state index contributed by atoms with van der Waals surface area (Å²) < 4.78 is 27.7. The van der Waals surface area contributed by atoms with E-state index in [1.165, 1.54) is 0 Å². The lowest BCUT2D eigenvalue weighted by Crippen LogP contribution is -2.38. The van der Waals surface area contributed by atoms with E-state index < -0.39 is 10.0 Å². The molecule has 0 unspecified atom stereocenters. The Morgan fingerprint density at radius 3 is 2.43 bits per heavy atom. The molecular formula is C15H20N2O2S2. The van der Waals surface area contributed by atoms with Gasteiger partial charge in [0.15, 0.2) is 0 Å². The van der Waals surface area contributed by atoms with Crippen LogP contribution in [0.4, 0.5) is 0 Å². The van der Waals surface area contributed by atoms with Crippen LogP contribution in [0.25, 0.3) is 0 Å². The van der Waals surface area contributed by atoms with Crippen molar-refractivity contribution in [1.29, 1.82) is 0 Å². The first-order valence-corrected chi connectivity index (χ1v) is 9.39. The van der Waals surface area contributed by atoms with Crippen LogP contribution in [0.5, 0.6) is 0 Å². The van der Waals surface area contributed by atoms with E-state index in [0.29, 0.717) is 17.4 Å². The van der Waals surface area contributed by atoms with Gasteiger partial charge in [0.25, 0.3) is 0 Å². The minimum absolute atomic E-state index is 0.0145. The summed E-state index contributed by atoms with van der Waals surface area (Å²) in [5, 5.41) is 0. The first-order valence-electron chi connectivity index (χ1n) is 7.33. The van der Waals surface area contributed by atoms with E-state index in [1.807, 2.05) is 0 Å². The number of thiocarbonyl (C=S) groups is 1. The van der Waals surface area contributed by atoms with Gasteiger partial charge >= 0.3 is 0 Å². The van der Waals surface area contributed by atoms with Crippen LogP contribution in [0.1, 0.15) is 36.8 Å². The molecule has 0 bridgehead atoms. The summed E-state index contributed by atoms with van der Waals surface area (Å²) in [6.07, 6.45) is 4.61. The lowest BCUT2D eigenvalue weighted by atomic mass is 10.1. The minimum Gasteiger partial charge on any atom is -0.389 e. The van der Waals surface area contributed by atoms with Crippen molar-refractivity contribution in [3.05, 3.63) is 35.4 Å². The summed E-state index contributed by atoms with van der Waals surface area (Å²) in [4.78, 5) is 0.288. The van der Waals surface area contributed by atoms with Gasteiger partial charge in [-0.2, -0.15) is 0 Å². The summed E-state index contributed by atoms with van der Waals surface area (Å²) in [6, 6.07) is 7.28. The topological polar surface area (TPSA) is 72.2 Å². The molecule has 0 radical (unpaired) electrons. The average molecular weight is 324 g/mol. The van der Waals surface area contributed by atoms with E-state index in [9.17, 15) is 8.42 Å². The van der Waals surface area contributed by atoms with E-state index in [1.54, 1.807) is 24.3 Å². The second-order valence-corrected chi connectivity index (χ2v) is 8.34. The summed E-state index contributed by atoms with van der Waals surface area (Å²) in [7, 11) is -3.32. The van der Waals surface area contributed by atoms with Crippen molar-refractivity contribution in [2.24, 2.45) is 17.6 Å². The van der Waals surface area contributed by atoms with Crippen LogP contribution in [0.3, 0.4) is 0 Å². The average Bonchev–Trinajstić information content (AvgIpc) is 3.27. The van der Waals surface area contributed by atoms with Crippen LogP contribution < -0.4 is 10.5 Å². The first-order chi connectivity index (χ1) is 9.94. The van der Waals surface area contributed by atoms with E-state index in [0.717, 1.165) is 31.2 Å². The maximum absolute atomic E-state index is 12.4. The van der Waals surface area contributed by atoms with Gasteiger partial charge in [0.05, 0.1) is 5.75 Å². The molecule has 2 fully saturated rings. The monoisotopic (exact) mass is 324 g/mol. The summed E-state index contributed by atoms with van der Waals surface area (Å²) in [6.45, 7) is 0. The second kappa shape index (κ2) is 5.66. The summed E-state index contributed by atoms with van der Waals surface area (Å²) >= 11 is 4.93. The van der Waals surface area contributed by atoms with Gasteiger partial charge in [-0.1, -0.05) is 30.4 Å². The molecule has 0 spiro atoms. The fourth-order valence-electron chi connectivity index (χ4n) is 2.77. The zero-order valence-corrected chi connectivity index (χ0v) is 13.4. The summed E-state index contributed by atoms with van der Waals surface area (Å²) in [5.41, 5.74) is 7.02. The van der Waals surface area contributed by atoms with Gasteiger partial charge < -0.3 is 5.73 Å². The van der Waals surface area contributed by atoms with Gasteiger partial charge in [0.1, 0.15) is 4.99 Å². The lowest BCUT2D eigenvalue weighted by molar-refractivity contribution is 0.471. The Morgan fingerprint density at radius 1 is 1.29 bits per heavy atom. The normalized spacial score (nSPS) is 18.9. The number of hydrogen-bond donors (Lipinski definition) is 2. The fourth-order valence-corrected chi connectivity index (χ4v) is 4.40. The van der Waals surface area contributed by atoms with Crippen LogP contribution in [0, 0.1) is 11.8 Å². The quantitative estimate of drug-likeness (QED) is 0.752. The molecule has 0 amide bonds. The predicted molar refractivity (Wildman–Crippen MR) is 87.3 cm³/mol. The molecule has 21 heavy (non-hydrogen) atoms. The van der Waals surface area contributed by atoms with Crippen LogP contribution >= 0.6 is 12.2 Å². The molecule has 6 heteroatoms. The van der Waals surface area contributed by atoms with Crippen molar-refractivity contribution in [3.63, 3.8) is 0 Å². The van der Waals surface area contributed by atoms with Crippen molar-refractivity contribution in [1.82, 2.24) is 4.72 Å². The summed E-state index contributed by atoms with van der Waals surface area (Å²) in [5.74, 6) is 1.09. The molecule has 0 aromatic heterocycles. The van der Waals surface area contributed by atoms with Crippen molar-refractivity contribution in [2.45, 2.75) is 37.5 Å². The fraction of sp³-hybridized carbons (Fsp3) is 0.533. The van der Waals surface area contributed by atoms with Gasteiger partial charge in [-0.25, -0.2) is 13.1 Å². The van der Waals surface area contributed by atoms with Gasteiger partial charge in [0, 0.05) is 11.6 Å². The predicted octanol–water partition coefficient (Wildman–Crippen LogP) is 1.93. The van der Waals surface area contributed by atoms with Crippen LogP contribution in [0.15, 0.2) is 24.3 Å². The van der Waals surface area contributed by atoms with E-state index in [-0.39, 0.29) is 16.8 Å². The van der Waals surface area contributed by atoms with Crippen LogP contribution in [-0.2, 0) is 15.8 Å². The van der Waals surface area contributed by atoms with Crippen molar-refractivity contribution < 1.29 is 8.42 Å². The Bertz CT molecular complexity index is 637. The van der Waals surface area contributed by atoms with Gasteiger partial charge in [0.2, 0.25) is 10.0 Å². The van der Waals surface area contributed by atoms with Crippen molar-refractivity contribution in [3.8, 4) is 0 Å². The maximum atomic E-state index is 12.4. The third kappa shape index (κ3) is 4.02. The highest BCUT2D eigenvalue weighted by Gasteiger charge is 2.43. The number of sulfonamides is 1. The molecule has 3 N–H and O–H groups in total. The minimum atomic E-state index is -3.32. The highest BCUT2D eigenvalue weighted by Crippen LogP contribution is 2.44.